The maximum Gasteiger partial charge on any atom is 0.373 e. The highest BCUT2D eigenvalue weighted by atomic mass is 16.5. The van der Waals surface area contributed by atoms with Crippen molar-refractivity contribution in [1.82, 2.24) is 0 Å². The van der Waals surface area contributed by atoms with E-state index in [1.54, 1.807) is 12.1 Å². The Bertz CT molecular complexity index is 359. The quantitative estimate of drug-likeness (QED) is 0.743. The van der Waals surface area contributed by atoms with Gasteiger partial charge in [0.25, 0.3) is 0 Å². The maximum absolute atomic E-state index is 11.2. The fraction of sp³-hybridized carbons (Fsp3) is 0.583. The molecule has 0 radical (unpaired) electrons. The minimum atomic E-state index is -0.478. The van der Waals surface area contributed by atoms with Gasteiger partial charge in [-0.15, -0.1) is 0 Å². The molecule has 4 nitrogen and oxygen atoms in total. The Morgan fingerprint density at radius 3 is 2.50 bits per heavy atom. The molecule has 0 spiro atoms. The number of hydrogen-bond donors (Lipinski definition) is 0. The zero-order valence-corrected chi connectivity index (χ0v) is 10.4. The number of furan rings is 1. The number of hydrogen-bond acceptors (Lipinski definition) is 4. The van der Waals surface area contributed by atoms with Crippen LogP contribution in [0, 0.1) is 0 Å². The van der Waals surface area contributed by atoms with Gasteiger partial charge < -0.3 is 13.9 Å². The Morgan fingerprint density at radius 1 is 1.38 bits per heavy atom. The number of rotatable bonds is 3. The molecule has 0 aromatic carbocycles. The number of esters is 1. The van der Waals surface area contributed by atoms with Crippen LogP contribution in [0.5, 0.6) is 0 Å². The smallest absolute Gasteiger partial charge is 0.373 e. The normalized spacial score (nSPS) is 13.6. The summed E-state index contributed by atoms with van der Waals surface area (Å²) in [6.45, 7) is 7.78. The van der Waals surface area contributed by atoms with E-state index in [1.165, 1.54) is 7.11 Å². The van der Waals surface area contributed by atoms with E-state index in [-0.39, 0.29) is 17.5 Å². The Kier molecular flexibility index (Phi) is 3.75. The minimum Gasteiger partial charge on any atom is -0.463 e. The first-order chi connectivity index (χ1) is 7.33. The van der Waals surface area contributed by atoms with Gasteiger partial charge in [-0.25, -0.2) is 4.79 Å². The summed E-state index contributed by atoms with van der Waals surface area (Å²) in [6, 6.07) is 3.31. The standard InChI is InChI=1S/C12H18O4/c1-8(16-12(2,3)4)9-6-7-10(15-9)11(13)14-5/h6-8H,1-5H3. The molecule has 1 unspecified atom stereocenters. The fourth-order valence-corrected chi connectivity index (χ4v) is 1.37. The molecular formula is C12H18O4. The summed E-state index contributed by atoms with van der Waals surface area (Å²) in [5.41, 5.74) is -0.252. The molecule has 1 heterocycles. The van der Waals surface area contributed by atoms with Crippen LogP contribution in [-0.2, 0) is 9.47 Å². The van der Waals surface area contributed by atoms with Gasteiger partial charge in [0.2, 0.25) is 5.76 Å². The molecule has 0 amide bonds. The lowest BCUT2D eigenvalue weighted by atomic mass is 10.2. The van der Waals surface area contributed by atoms with Crippen molar-refractivity contribution in [3.05, 3.63) is 23.7 Å². The monoisotopic (exact) mass is 226 g/mol. The van der Waals surface area contributed by atoms with Crippen molar-refractivity contribution in [1.29, 1.82) is 0 Å². The van der Waals surface area contributed by atoms with Crippen LogP contribution in [0.25, 0.3) is 0 Å². The molecular weight excluding hydrogens is 208 g/mol. The van der Waals surface area contributed by atoms with Crippen LogP contribution in [0.1, 0.15) is 50.1 Å². The fourth-order valence-electron chi connectivity index (χ4n) is 1.37. The van der Waals surface area contributed by atoms with Gasteiger partial charge in [0, 0.05) is 0 Å². The summed E-state index contributed by atoms with van der Waals surface area (Å²) in [5.74, 6) is 0.339. The number of ether oxygens (including phenoxy) is 2. The first-order valence-electron chi connectivity index (χ1n) is 5.19. The Labute approximate surface area is 95.5 Å². The van der Waals surface area contributed by atoms with Crippen molar-refractivity contribution in [2.24, 2.45) is 0 Å². The Balaban J connectivity index is 2.74. The van der Waals surface area contributed by atoms with Crippen LogP contribution in [0.2, 0.25) is 0 Å². The van der Waals surface area contributed by atoms with Crippen LogP contribution < -0.4 is 0 Å². The summed E-state index contributed by atoms with van der Waals surface area (Å²) in [4.78, 5) is 11.2. The molecule has 1 aromatic heterocycles. The lowest BCUT2D eigenvalue weighted by molar-refractivity contribution is -0.0615. The van der Waals surface area contributed by atoms with Gasteiger partial charge in [0.05, 0.1) is 12.7 Å². The molecule has 0 aliphatic heterocycles. The predicted molar refractivity (Wildman–Crippen MR) is 59.3 cm³/mol. The highest BCUT2D eigenvalue weighted by Gasteiger charge is 2.20. The van der Waals surface area contributed by atoms with Crippen molar-refractivity contribution in [3.63, 3.8) is 0 Å². The molecule has 0 aliphatic rings. The van der Waals surface area contributed by atoms with Crippen LogP contribution in [0.4, 0.5) is 0 Å². The molecule has 4 heteroatoms. The highest BCUT2D eigenvalue weighted by molar-refractivity contribution is 5.86. The van der Waals surface area contributed by atoms with Crippen LogP contribution in [-0.4, -0.2) is 18.7 Å². The van der Waals surface area contributed by atoms with Gasteiger partial charge in [0.15, 0.2) is 0 Å². The zero-order valence-electron chi connectivity index (χ0n) is 10.4. The topological polar surface area (TPSA) is 48.7 Å². The van der Waals surface area contributed by atoms with Gasteiger partial charge in [-0.3, -0.25) is 0 Å². The number of carbonyl (C=O) groups is 1. The molecule has 1 atom stereocenters. The molecule has 1 rings (SSSR count). The molecule has 0 aliphatic carbocycles. The van der Waals surface area contributed by atoms with Crippen molar-refractivity contribution in [2.45, 2.75) is 39.4 Å². The van der Waals surface area contributed by atoms with Crippen LogP contribution >= 0.6 is 0 Å². The van der Waals surface area contributed by atoms with Gasteiger partial charge in [-0.1, -0.05) is 0 Å². The van der Waals surface area contributed by atoms with Crippen molar-refractivity contribution in [3.8, 4) is 0 Å². The van der Waals surface area contributed by atoms with Crippen molar-refractivity contribution < 1.29 is 18.7 Å². The highest BCUT2D eigenvalue weighted by Crippen LogP contribution is 2.25. The first-order valence-corrected chi connectivity index (χ1v) is 5.19. The number of carbonyl (C=O) groups excluding carboxylic acids is 1. The van der Waals surface area contributed by atoms with Gasteiger partial charge in [-0.2, -0.15) is 0 Å². The molecule has 0 N–H and O–H groups in total. The van der Waals surface area contributed by atoms with Crippen molar-refractivity contribution in [2.75, 3.05) is 7.11 Å². The average molecular weight is 226 g/mol. The Hall–Kier alpha value is -1.29. The second-order valence-electron chi connectivity index (χ2n) is 4.57. The molecule has 0 bridgehead atoms. The molecule has 0 saturated heterocycles. The van der Waals surface area contributed by atoms with E-state index in [1.807, 2.05) is 27.7 Å². The minimum absolute atomic E-state index is 0.196. The molecule has 0 fully saturated rings. The predicted octanol–water partition coefficient (Wildman–Crippen LogP) is 2.94. The first kappa shape index (κ1) is 12.8. The summed E-state index contributed by atoms with van der Waals surface area (Å²) >= 11 is 0. The molecule has 0 saturated carbocycles. The third-order valence-electron chi connectivity index (χ3n) is 1.94. The van der Waals surface area contributed by atoms with E-state index in [4.69, 9.17) is 9.15 Å². The molecule has 1 aromatic rings. The van der Waals surface area contributed by atoms with Crippen molar-refractivity contribution >= 4 is 5.97 Å². The second kappa shape index (κ2) is 4.70. The van der Waals surface area contributed by atoms with Crippen LogP contribution in [0.15, 0.2) is 16.5 Å². The van der Waals surface area contributed by atoms with E-state index in [2.05, 4.69) is 4.74 Å². The van der Waals surface area contributed by atoms with Gasteiger partial charge >= 0.3 is 5.97 Å². The summed E-state index contributed by atoms with van der Waals surface area (Å²) < 4.78 is 15.6. The third kappa shape index (κ3) is 3.38. The molecule has 90 valence electrons. The van der Waals surface area contributed by atoms with Crippen LogP contribution in [0.3, 0.4) is 0 Å². The molecule has 16 heavy (non-hydrogen) atoms. The average Bonchev–Trinajstić information content (AvgIpc) is 2.62. The maximum atomic E-state index is 11.2. The van der Waals surface area contributed by atoms with Gasteiger partial charge in [-0.05, 0) is 39.8 Å². The lowest BCUT2D eigenvalue weighted by Gasteiger charge is -2.23. The summed E-state index contributed by atoms with van der Waals surface area (Å²) in [7, 11) is 1.32. The zero-order chi connectivity index (χ0) is 12.3. The summed E-state index contributed by atoms with van der Waals surface area (Å²) in [5, 5.41) is 0. The number of methoxy groups -OCH3 is 1. The van der Waals surface area contributed by atoms with Gasteiger partial charge in [0.1, 0.15) is 11.9 Å². The van der Waals surface area contributed by atoms with E-state index in [0.29, 0.717) is 5.76 Å². The van der Waals surface area contributed by atoms with E-state index in [9.17, 15) is 4.79 Å². The van der Waals surface area contributed by atoms with E-state index >= 15 is 0 Å². The Morgan fingerprint density at radius 2 is 2.00 bits per heavy atom. The van der Waals surface area contributed by atoms with E-state index in [0.717, 1.165) is 0 Å². The third-order valence-corrected chi connectivity index (χ3v) is 1.94. The lowest BCUT2D eigenvalue weighted by Crippen LogP contribution is -2.21. The van der Waals surface area contributed by atoms with E-state index < -0.39 is 5.97 Å². The SMILES string of the molecule is COC(=O)c1ccc(C(C)OC(C)(C)C)o1. The second-order valence-corrected chi connectivity index (χ2v) is 4.57. The largest absolute Gasteiger partial charge is 0.463 e. The summed E-state index contributed by atoms with van der Waals surface area (Å²) in [6.07, 6.45) is -0.196.